The minimum absolute atomic E-state index is 0.676. The van der Waals surface area contributed by atoms with Gasteiger partial charge in [0.25, 0.3) is 0 Å². The molecule has 1 aromatic carbocycles. The summed E-state index contributed by atoms with van der Waals surface area (Å²) in [6.07, 6.45) is 5.00. The minimum Gasteiger partial charge on any atom is -0.395 e. The van der Waals surface area contributed by atoms with Crippen molar-refractivity contribution in [2.45, 2.75) is 26.7 Å². The summed E-state index contributed by atoms with van der Waals surface area (Å²) in [5.41, 5.74) is 2.19. The van der Waals surface area contributed by atoms with Crippen LogP contribution in [0.4, 0.5) is 0 Å². The molecule has 0 aliphatic rings. The minimum atomic E-state index is 0.676. The lowest BCUT2D eigenvalue weighted by molar-refractivity contribution is 0.143. The molecule has 0 unspecified atom stereocenters. The molecular formula is C12H16NO. The molecule has 0 aromatic heterocycles. The molecule has 0 saturated heterocycles. The summed E-state index contributed by atoms with van der Waals surface area (Å²) in [7, 11) is 0. The van der Waals surface area contributed by atoms with Crippen molar-refractivity contribution in [2.75, 3.05) is 6.61 Å². The van der Waals surface area contributed by atoms with Gasteiger partial charge < -0.3 is 4.84 Å². The van der Waals surface area contributed by atoms with E-state index in [9.17, 15) is 0 Å². The highest BCUT2D eigenvalue weighted by Gasteiger charge is 1.88. The van der Waals surface area contributed by atoms with Crippen LogP contribution in [0.25, 0.3) is 0 Å². The maximum absolute atomic E-state index is 5.02. The molecule has 0 amide bonds. The Labute approximate surface area is 85.6 Å². The van der Waals surface area contributed by atoms with Gasteiger partial charge in [-0.3, -0.25) is 0 Å². The van der Waals surface area contributed by atoms with Gasteiger partial charge in [0.05, 0.1) is 0 Å². The van der Waals surface area contributed by atoms with Crippen molar-refractivity contribution >= 4 is 6.21 Å². The van der Waals surface area contributed by atoms with E-state index in [1.807, 2.05) is 24.3 Å². The largest absolute Gasteiger partial charge is 0.395 e. The topological polar surface area (TPSA) is 21.6 Å². The first-order valence-corrected chi connectivity index (χ1v) is 4.97. The van der Waals surface area contributed by atoms with Crippen LogP contribution in [0.1, 0.15) is 30.9 Å². The van der Waals surface area contributed by atoms with Gasteiger partial charge in [0.2, 0.25) is 0 Å². The zero-order valence-electron chi connectivity index (χ0n) is 8.79. The second-order valence-electron chi connectivity index (χ2n) is 3.26. The van der Waals surface area contributed by atoms with Crippen LogP contribution in [-0.4, -0.2) is 12.8 Å². The zero-order valence-corrected chi connectivity index (χ0v) is 8.79. The lowest BCUT2D eigenvalue weighted by Gasteiger charge is -1.95. The standard InChI is InChI=1S/C12H16NO/c1-3-4-9-14-13-10-12-7-5-11(2)6-8-12/h5-8H,3-4,9H2,1-2H3. The highest BCUT2D eigenvalue weighted by Crippen LogP contribution is 2.00. The summed E-state index contributed by atoms with van der Waals surface area (Å²) in [6, 6.07) is 8.01. The number of rotatable bonds is 5. The van der Waals surface area contributed by atoms with Crippen LogP contribution in [-0.2, 0) is 4.84 Å². The van der Waals surface area contributed by atoms with Gasteiger partial charge in [-0.15, -0.1) is 0 Å². The zero-order chi connectivity index (χ0) is 10.2. The van der Waals surface area contributed by atoms with Crippen molar-refractivity contribution in [3.8, 4) is 0 Å². The van der Waals surface area contributed by atoms with E-state index in [0.29, 0.717) is 6.61 Å². The summed E-state index contributed by atoms with van der Waals surface area (Å²) in [5.74, 6) is 0. The number of unbranched alkanes of at least 4 members (excludes halogenated alkanes) is 1. The second-order valence-corrected chi connectivity index (χ2v) is 3.26. The van der Waals surface area contributed by atoms with Crippen LogP contribution < -0.4 is 0 Å². The van der Waals surface area contributed by atoms with Crippen LogP contribution in [0, 0.1) is 6.92 Å². The number of aryl methyl sites for hydroxylation is 1. The molecule has 1 rings (SSSR count). The van der Waals surface area contributed by atoms with E-state index in [-0.39, 0.29) is 0 Å². The quantitative estimate of drug-likeness (QED) is 0.397. The van der Waals surface area contributed by atoms with Crippen LogP contribution in [0.5, 0.6) is 0 Å². The van der Waals surface area contributed by atoms with Crippen molar-refractivity contribution in [3.63, 3.8) is 0 Å². The first-order valence-electron chi connectivity index (χ1n) is 4.97. The summed E-state index contributed by atoms with van der Waals surface area (Å²) in [5, 5.41) is 3.76. The fraction of sp³-hybridized carbons (Fsp3) is 0.417. The van der Waals surface area contributed by atoms with Crippen molar-refractivity contribution in [1.29, 1.82) is 0 Å². The number of hydrogen-bond donors (Lipinski definition) is 0. The van der Waals surface area contributed by atoms with Crippen molar-refractivity contribution < 1.29 is 4.84 Å². The first-order chi connectivity index (χ1) is 6.83. The molecule has 14 heavy (non-hydrogen) atoms. The molecule has 75 valence electrons. The Kier molecular flexibility index (Phi) is 4.76. The molecule has 1 radical (unpaired) electrons. The Morgan fingerprint density at radius 1 is 1.29 bits per heavy atom. The number of hydrogen-bond acceptors (Lipinski definition) is 2. The van der Waals surface area contributed by atoms with Gasteiger partial charge in [-0.1, -0.05) is 48.3 Å². The van der Waals surface area contributed by atoms with Crippen LogP contribution >= 0.6 is 0 Å². The van der Waals surface area contributed by atoms with E-state index in [4.69, 9.17) is 4.84 Å². The lowest BCUT2D eigenvalue weighted by atomic mass is 10.2. The van der Waals surface area contributed by atoms with Crippen LogP contribution in [0.15, 0.2) is 29.4 Å². The van der Waals surface area contributed by atoms with Crippen molar-refractivity contribution in [1.82, 2.24) is 0 Å². The van der Waals surface area contributed by atoms with Gasteiger partial charge in [0.15, 0.2) is 0 Å². The normalized spacial score (nSPS) is 10.7. The summed E-state index contributed by atoms with van der Waals surface area (Å²) in [4.78, 5) is 5.02. The smallest absolute Gasteiger partial charge is 0.139 e. The van der Waals surface area contributed by atoms with Gasteiger partial charge >= 0.3 is 0 Å². The maximum atomic E-state index is 5.02. The Morgan fingerprint density at radius 2 is 2.00 bits per heavy atom. The fourth-order valence-electron chi connectivity index (χ4n) is 0.968. The van der Waals surface area contributed by atoms with Crippen molar-refractivity contribution in [3.05, 3.63) is 35.4 Å². The molecule has 2 nitrogen and oxygen atoms in total. The molecule has 0 aliphatic carbocycles. The van der Waals surface area contributed by atoms with E-state index >= 15 is 0 Å². The Balaban J connectivity index is 2.33. The highest BCUT2D eigenvalue weighted by molar-refractivity contribution is 5.78. The molecule has 0 fully saturated rings. The van der Waals surface area contributed by atoms with Crippen molar-refractivity contribution in [2.24, 2.45) is 5.16 Å². The van der Waals surface area contributed by atoms with Gasteiger partial charge in [0, 0.05) is 5.56 Å². The van der Waals surface area contributed by atoms with Gasteiger partial charge in [0.1, 0.15) is 12.8 Å². The van der Waals surface area contributed by atoms with E-state index in [0.717, 1.165) is 18.4 Å². The van der Waals surface area contributed by atoms with Crippen LogP contribution in [0.3, 0.4) is 0 Å². The molecule has 0 spiro atoms. The molecule has 0 saturated carbocycles. The fourth-order valence-corrected chi connectivity index (χ4v) is 0.968. The third-order valence-corrected chi connectivity index (χ3v) is 1.88. The number of nitrogens with zero attached hydrogens (tertiary/aromatic N) is 1. The first kappa shape index (κ1) is 10.8. The predicted octanol–water partition coefficient (Wildman–Crippen LogP) is 3.02. The summed E-state index contributed by atoms with van der Waals surface area (Å²) in [6.45, 7) is 4.85. The van der Waals surface area contributed by atoms with Gasteiger partial charge in [-0.05, 0) is 13.3 Å². The third-order valence-electron chi connectivity index (χ3n) is 1.88. The lowest BCUT2D eigenvalue weighted by Crippen LogP contribution is -1.88. The summed E-state index contributed by atoms with van der Waals surface area (Å²) < 4.78 is 0. The molecule has 0 bridgehead atoms. The molecule has 0 N–H and O–H groups in total. The monoisotopic (exact) mass is 190 g/mol. The average molecular weight is 190 g/mol. The maximum Gasteiger partial charge on any atom is 0.139 e. The Morgan fingerprint density at radius 3 is 2.64 bits per heavy atom. The molecular weight excluding hydrogens is 174 g/mol. The Bertz CT molecular complexity index is 277. The molecule has 1 aromatic rings. The van der Waals surface area contributed by atoms with E-state index < -0.39 is 0 Å². The molecule has 2 heteroatoms. The molecule has 0 aliphatic heterocycles. The third kappa shape index (κ3) is 4.08. The van der Waals surface area contributed by atoms with E-state index in [1.165, 1.54) is 5.56 Å². The highest BCUT2D eigenvalue weighted by atomic mass is 16.6. The van der Waals surface area contributed by atoms with E-state index in [1.54, 1.807) is 0 Å². The molecule has 0 heterocycles. The average Bonchev–Trinajstić information content (AvgIpc) is 2.21. The SMILES string of the molecule is CCCCO/N=[C]\c1ccc(C)cc1. The van der Waals surface area contributed by atoms with Gasteiger partial charge in [-0.25, -0.2) is 0 Å². The Hall–Kier alpha value is -1.31. The summed E-state index contributed by atoms with van der Waals surface area (Å²) >= 11 is 0. The predicted molar refractivity (Wildman–Crippen MR) is 58.6 cm³/mol. The number of benzene rings is 1. The second kappa shape index (κ2) is 6.19. The van der Waals surface area contributed by atoms with E-state index in [2.05, 4.69) is 25.2 Å². The van der Waals surface area contributed by atoms with Crippen LogP contribution in [0.2, 0.25) is 0 Å². The molecule has 0 atom stereocenters. The van der Waals surface area contributed by atoms with Gasteiger partial charge in [-0.2, -0.15) is 0 Å².